The van der Waals surface area contributed by atoms with Crippen molar-refractivity contribution < 1.29 is 4.79 Å². The first-order valence-electron chi connectivity index (χ1n) is 5.61. The number of hydrogen-bond acceptors (Lipinski definition) is 1. The molecular formula is C13H16OSe. The molecule has 0 heterocycles. The van der Waals surface area contributed by atoms with Crippen LogP contribution in [-0.2, 0) is 4.79 Å². The number of rotatable bonds is 2. The number of carbonyl (C=O) groups excluding carboxylic acids is 1. The van der Waals surface area contributed by atoms with Crippen LogP contribution in [0.1, 0.15) is 32.1 Å². The molecule has 1 aliphatic rings. The first-order valence-corrected chi connectivity index (χ1v) is 7.45. The summed E-state index contributed by atoms with van der Waals surface area (Å²) in [7, 11) is 0. The fraction of sp³-hybridized carbons (Fsp3) is 0.462. The van der Waals surface area contributed by atoms with Gasteiger partial charge in [0.2, 0.25) is 0 Å². The van der Waals surface area contributed by atoms with E-state index in [1.165, 1.54) is 17.3 Å². The number of ketones is 1. The summed E-state index contributed by atoms with van der Waals surface area (Å²) in [5, 5.41) is 0. The maximum atomic E-state index is 11.8. The number of hydrogen-bond donors (Lipinski definition) is 0. The summed E-state index contributed by atoms with van der Waals surface area (Å²) < 4.78 is 1.37. The van der Waals surface area contributed by atoms with Crippen LogP contribution in [-0.4, -0.2) is 20.7 Å². The molecule has 0 radical (unpaired) electrons. The summed E-state index contributed by atoms with van der Waals surface area (Å²) in [5.41, 5.74) is 0. The van der Waals surface area contributed by atoms with E-state index in [0.29, 0.717) is 25.6 Å². The number of carbonyl (C=O) groups is 1. The monoisotopic (exact) mass is 268 g/mol. The third kappa shape index (κ3) is 3.19. The van der Waals surface area contributed by atoms with Crippen molar-refractivity contribution in [1.82, 2.24) is 0 Å². The van der Waals surface area contributed by atoms with Crippen molar-refractivity contribution in [3.63, 3.8) is 0 Å². The van der Waals surface area contributed by atoms with E-state index in [1.807, 2.05) is 6.07 Å². The SMILES string of the molecule is O=C1CCCCC[C@@H]1[Se]c1ccccc1. The average molecular weight is 267 g/mol. The van der Waals surface area contributed by atoms with Gasteiger partial charge in [0.05, 0.1) is 0 Å². The second kappa shape index (κ2) is 5.48. The molecule has 2 heteroatoms. The Labute approximate surface area is 97.4 Å². The number of Topliss-reactive ketones (excluding diaryl/α,β-unsaturated/α-hetero) is 1. The van der Waals surface area contributed by atoms with E-state index in [0.717, 1.165) is 19.3 Å². The zero-order valence-electron chi connectivity index (χ0n) is 8.82. The van der Waals surface area contributed by atoms with Gasteiger partial charge in [-0.2, -0.15) is 0 Å². The fourth-order valence-corrected chi connectivity index (χ4v) is 4.38. The molecule has 0 spiro atoms. The summed E-state index contributed by atoms with van der Waals surface area (Å²) >= 11 is 0.350. The zero-order chi connectivity index (χ0) is 10.5. The molecule has 0 aliphatic heterocycles. The normalized spacial score (nSPS) is 22.4. The van der Waals surface area contributed by atoms with E-state index < -0.39 is 0 Å². The van der Waals surface area contributed by atoms with E-state index in [-0.39, 0.29) is 0 Å². The Bertz CT molecular complexity index is 321. The maximum absolute atomic E-state index is 11.8. The summed E-state index contributed by atoms with van der Waals surface area (Å²) in [6.07, 6.45) is 5.53. The van der Waals surface area contributed by atoms with Crippen LogP contribution in [0.15, 0.2) is 30.3 Å². The molecular weight excluding hydrogens is 251 g/mol. The van der Waals surface area contributed by atoms with Crippen LogP contribution in [0.5, 0.6) is 0 Å². The van der Waals surface area contributed by atoms with Gasteiger partial charge in [-0.1, -0.05) is 0 Å². The van der Waals surface area contributed by atoms with Gasteiger partial charge in [0.15, 0.2) is 0 Å². The summed E-state index contributed by atoms with van der Waals surface area (Å²) in [6.45, 7) is 0. The van der Waals surface area contributed by atoms with Gasteiger partial charge in [0.25, 0.3) is 0 Å². The topological polar surface area (TPSA) is 17.1 Å². The van der Waals surface area contributed by atoms with Gasteiger partial charge in [-0.3, -0.25) is 0 Å². The standard InChI is InChI=1S/C13H16OSe/c14-12-9-5-2-6-10-13(12)15-11-7-3-1-4-8-11/h1,3-4,7-8,13H,2,5-6,9-10H2/t13-/m0/s1. The van der Waals surface area contributed by atoms with Crippen LogP contribution in [0.25, 0.3) is 0 Å². The van der Waals surface area contributed by atoms with Crippen molar-refractivity contribution in [2.24, 2.45) is 0 Å². The molecule has 1 saturated carbocycles. The molecule has 15 heavy (non-hydrogen) atoms. The van der Waals surface area contributed by atoms with Gasteiger partial charge in [-0.05, 0) is 0 Å². The molecule has 0 N–H and O–H groups in total. The quantitative estimate of drug-likeness (QED) is 0.594. The third-order valence-electron chi connectivity index (χ3n) is 2.77. The molecule has 2 rings (SSSR count). The molecule has 0 amide bonds. The van der Waals surface area contributed by atoms with Crippen LogP contribution >= 0.6 is 0 Å². The Balaban J connectivity index is 2.01. The van der Waals surface area contributed by atoms with E-state index in [4.69, 9.17) is 0 Å². The molecule has 1 fully saturated rings. The second-order valence-corrected chi connectivity index (χ2v) is 6.66. The summed E-state index contributed by atoms with van der Waals surface area (Å²) in [6, 6.07) is 10.5. The van der Waals surface area contributed by atoms with E-state index >= 15 is 0 Å². The molecule has 1 aliphatic carbocycles. The van der Waals surface area contributed by atoms with Crippen LogP contribution in [0.2, 0.25) is 4.82 Å². The van der Waals surface area contributed by atoms with Crippen molar-refractivity contribution in [1.29, 1.82) is 0 Å². The minimum absolute atomic E-state index is 0.349. The predicted octanol–water partition coefficient (Wildman–Crippen LogP) is 2.34. The van der Waals surface area contributed by atoms with Crippen LogP contribution in [0.4, 0.5) is 0 Å². The first kappa shape index (κ1) is 10.9. The first-order chi connectivity index (χ1) is 7.36. The molecule has 1 aromatic rings. The Hall–Kier alpha value is -0.591. The van der Waals surface area contributed by atoms with Gasteiger partial charge in [0, 0.05) is 0 Å². The van der Waals surface area contributed by atoms with Gasteiger partial charge in [-0.15, -0.1) is 0 Å². The van der Waals surface area contributed by atoms with E-state index in [9.17, 15) is 4.79 Å². The molecule has 1 nitrogen and oxygen atoms in total. The van der Waals surface area contributed by atoms with Gasteiger partial charge < -0.3 is 0 Å². The van der Waals surface area contributed by atoms with Crippen molar-refractivity contribution in [3.05, 3.63) is 30.3 Å². The Morgan fingerprint density at radius 2 is 1.87 bits per heavy atom. The molecule has 0 bridgehead atoms. The zero-order valence-corrected chi connectivity index (χ0v) is 10.5. The Kier molecular flexibility index (Phi) is 3.99. The summed E-state index contributed by atoms with van der Waals surface area (Å²) in [5.74, 6) is 0.511. The molecule has 0 unspecified atom stereocenters. The van der Waals surface area contributed by atoms with Gasteiger partial charge in [0.1, 0.15) is 0 Å². The van der Waals surface area contributed by atoms with Gasteiger partial charge >= 0.3 is 97.2 Å². The minimum atomic E-state index is 0.349. The van der Waals surface area contributed by atoms with Crippen molar-refractivity contribution in [3.8, 4) is 0 Å². The van der Waals surface area contributed by atoms with Crippen LogP contribution in [0, 0.1) is 0 Å². The summed E-state index contributed by atoms with van der Waals surface area (Å²) in [4.78, 5) is 12.2. The van der Waals surface area contributed by atoms with Crippen molar-refractivity contribution >= 4 is 25.2 Å². The average Bonchev–Trinajstić information content (AvgIpc) is 2.46. The van der Waals surface area contributed by atoms with Crippen molar-refractivity contribution in [2.75, 3.05) is 0 Å². The number of benzene rings is 1. The Morgan fingerprint density at radius 3 is 2.67 bits per heavy atom. The molecule has 0 aromatic heterocycles. The Morgan fingerprint density at radius 1 is 1.07 bits per heavy atom. The molecule has 0 saturated heterocycles. The third-order valence-corrected chi connectivity index (χ3v) is 5.56. The van der Waals surface area contributed by atoms with Gasteiger partial charge in [-0.25, -0.2) is 0 Å². The molecule has 80 valence electrons. The predicted molar refractivity (Wildman–Crippen MR) is 63.7 cm³/mol. The fourth-order valence-electron chi connectivity index (χ4n) is 1.92. The van der Waals surface area contributed by atoms with E-state index in [2.05, 4.69) is 24.3 Å². The molecule has 1 atom stereocenters. The van der Waals surface area contributed by atoms with Crippen LogP contribution < -0.4 is 4.46 Å². The van der Waals surface area contributed by atoms with E-state index in [1.54, 1.807) is 0 Å². The van der Waals surface area contributed by atoms with Crippen molar-refractivity contribution in [2.45, 2.75) is 36.9 Å². The van der Waals surface area contributed by atoms with Crippen LogP contribution in [0.3, 0.4) is 0 Å². The second-order valence-electron chi connectivity index (χ2n) is 3.99. The molecule has 1 aromatic carbocycles.